The lowest BCUT2D eigenvalue weighted by Crippen LogP contribution is -2.49. The van der Waals surface area contributed by atoms with Crippen LogP contribution in [0.5, 0.6) is 17.4 Å². The summed E-state index contributed by atoms with van der Waals surface area (Å²) >= 11 is 12.2. The highest BCUT2D eigenvalue weighted by atomic mass is 35.5. The van der Waals surface area contributed by atoms with Gasteiger partial charge in [0.1, 0.15) is 18.2 Å². The number of aromatic nitrogens is 2. The highest BCUT2D eigenvalue weighted by molar-refractivity contribution is 6.42. The van der Waals surface area contributed by atoms with Gasteiger partial charge in [0, 0.05) is 11.1 Å². The van der Waals surface area contributed by atoms with Gasteiger partial charge in [-0.2, -0.15) is 5.26 Å². The monoisotopic (exact) mass is 576 g/mol. The topological polar surface area (TPSA) is 106 Å². The van der Waals surface area contributed by atoms with Crippen LogP contribution in [0.2, 0.25) is 10.0 Å². The molecular weight excluding hydrogens is 547 g/mol. The molecule has 2 aromatic carbocycles. The molecule has 0 spiro atoms. The van der Waals surface area contributed by atoms with E-state index in [9.17, 15) is 5.26 Å². The fraction of sp³-hybridized carbons (Fsp3) is 0.419. The summed E-state index contributed by atoms with van der Waals surface area (Å²) in [4.78, 5) is 0. The standard InChI is InChI=1S/C31H30Cl2N4O3/c1-38-25-10-20(3-5-24(25)39-15-16-2-4-22(32)23(33)9-16)26-21(14-34)29(35)40-30-27(26)28(36-37-30)31-11-17-6-18(12-31)8-19(7-17)13-31/h2-5,9-10,17-19,26H,6-8,11-13,15,35H2,1H3,(H,36,37). The van der Waals surface area contributed by atoms with Gasteiger partial charge in [0.15, 0.2) is 11.5 Å². The van der Waals surface area contributed by atoms with E-state index in [0.717, 1.165) is 59.4 Å². The average molecular weight is 578 g/mol. The third kappa shape index (κ3) is 4.12. The lowest BCUT2D eigenvalue weighted by Gasteiger charge is -2.56. The van der Waals surface area contributed by atoms with E-state index in [4.69, 9.17) is 43.1 Å². The molecule has 3 N–H and O–H groups in total. The van der Waals surface area contributed by atoms with Crippen LogP contribution in [0.3, 0.4) is 0 Å². The van der Waals surface area contributed by atoms with Gasteiger partial charge in [0.25, 0.3) is 0 Å². The molecular formula is C31H30Cl2N4O3. The zero-order chi connectivity index (χ0) is 27.6. The zero-order valence-corrected chi connectivity index (χ0v) is 23.7. The second-order valence-corrected chi connectivity index (χ2v) is 12.7. The highest BCUT2D eigenvalue weighted by Crippen LogP contribution is 2.62. The maximum atomic E-state index is 10.2. The Morgan fingerprint density at radius 2 is 1.77 bits per heavy atom. The number of ether oxygens (including phenoxy) is 3. The van der Waals surface area contributed by atoms with Crippen LogP contribution >= 0.6 is 23.2 Å². The van der Waals surface area contributed by atoms with Crippen molar-refractivity contribution in [3.63, 3.8) is 0 Å². The van der Waals surface area contributed by atoms with Gasteiger partial charge < -0.3 is 19.9 Å². The van der Waals surface area contributed by atoms with Gasteiger partial charge in [-0.1, -0.05) is 35.3 Å². The van der Waals surface area contributed by atoms with Crippen LogP contribution in [-0.2, 0) is 12.0 Å². The Morgan fingerprint density at radius 1 is 1.05 bits per heavy atom. The average Bonchev–Trinajstić information content (AvgIpc) is 3.36. The number of nitrogens with zero attached hydrogens (tertiary/aromatic N) is 2. The normalized spacial score (nSPS) is 28.1. The minimum Gasteiger partial charge on any atom is -0.493 e. The second kappa shape index (κ2) is 9.64. The van der Waals surface area contributed by atoms with Crippen LogP contribution in [0.1, 0.15) is 66.8 Å². The number of halogens is 2. The molecule has 5 aliphatic rings. The summed E-state index contributed by atoms with van der Waals surface area (Å²) < 4.78 is 17.8. The highest BCUT2D eigenvalue weighted by Gasteiger charge is 2.54. The van der Waals surface area contributed by atoms with E-state index in [1.54, 1.807) is 19.2 Å². The van der Waals surface area contributed by atoms with Crippen molar-refractivity contribution in [3.8, 4) is 23.4 Å². The number of nitriles is 1. The zero-order valence-electron chi connectivity index (χ0n) is 22.2. The summed E-state index contributed by atoms with van der Waals surface area (Å²) in [5.74, 6) is 3.54. The number of hydrogen-bond acceptors (Lipinski definition) is 6. The fourth-order valence-corrected chi connectivity index (χ4v) is 8.49. The molecule has 2 heterocycles. The number of hydrogen-bond donors (Lipinski definition) is 2. The van der Waals surface area contributed by atoms with Crippen molar-refractivity contribution in [2.75, 3.05) is 7.11 Å². The molecule has 1 atom stereocenters. The van der Waals surface area contributed by atoms with E-state index in [2.05, 4.69) is 16.3 Å². The number of nitrogens with one attached hydrogen (secondary N) is 1. The molecule has 206 valence electrons. The van der Waals surface area contributed by atoms with Crippen molar-refractivity contribution in [1.29, 1.82) is 5.26 Å². The number of allylic oxidation sites excluding steroid dienone is 1. The quantitative estimate of drug-likeness (QED) is 0.327. The van der Waals surface area contributed by atoms with E-state index in [0.29, 0.717) is 39.6 Å². The van der Waals surface area contributed by atoms with Crippen LogP contribution in [0, 0.1) is 29.1 Å². The Morgan fingerprint density at radius 3 is 2.42 bits per heavy atom. The molecule has 0 amide bonds. The number of nitrogens with two attached hydrogens (primary N) is 1. The van der Waals surface area contributed by atoms with Gasteiger partial charge in [-0.15, -0.1) is 5.10 Å². The van der Waals surface area contributed by atoms with Crippen LogP contribution in [-0.4, -0.2) is 17.3 Å². The van der Waals surface area contributed by atoms with E-state index < -0.39 is 5.92 Å². The molecule has 8 rings (SSSR count). The molecule has 40 heavy (non-hydrogen) atoms. The molecule has 7 nitrogen and oxygen atoms in total. The van der Waals surface area contributed by atoms with E-state index in [-0.39, 0.29) is 11.3 Å². The number of fused-ring (bicyclic) bond motifs is 1. The molecule has 0 radical (unpaired) electrons. The predicted octanol–water partition coefficient (Wildman–Crippen LogP) is 6.99. The smallest absolute Gasteiger partial charge is 0.244 e. The number of aromatic amines is 1. The Bertz CT molecular complexity index is 1540. The predicted molar refractivity (Wildman–Crippen MR) is 152 cm³/mol. The second-order valence-electron chi connectivity index (χ2n) is 11.9. The lowest BCUT2D eigenvalue weighted by molar-refractivity contribution is -0.00768. The molecule has 4 bridgehead atoms. The minimum atomic E-state index is -0.423. The molecule has 1 aliphatic heterocycles. The lowest BCUT2D eigenvalue weighted by atomic mass is 9.48. The van der Waals surface area contributed by atoms with Crippen molar-refractivity contribution in [2.45, 2.75) is 56.5 Å². The summed E-state index contributed by atoms with van der Waals surface area (Å²) in [6.07, 6.45) is 7.50. The summed E-state index contributed by atoms with van der Waals surface area (Å²) in [6, 6.07) is 13.5. The van der Waals surface area contributed by atoms with Gasteiger partial charge in [-0.25, -0.2) is 0 Å². The summed E-state index contributed by atoms with van der Waals surface area (Å²) in [5, 5.41) is 19.2. The van der Waals surface area contributed by atoms with Crippen LogP contribution in [0.15, 0.2) is 47.9 Å². The van der Waals surface area contributed by atoms with E-state index in [1.807, 2.05) is 24.3 Å². The Kier molecular flexibility index (Phi) is 6.17. The largest absolute Gasteiger partial charge is 0.493 e. The van der Waals surface area contributed by atoms with Gasteiger partial charge >= 0.3 is 0 Å². The first-order valence-electron chi connectivity index (χ1n) is 13.8. The van der Waals surface area contributed by atoms with Crippen molar-refractivity contribution in [1.82, 2.24) is 10.2 Å². The summed E-state index contributed by atoms with van der Waals surface area (Å²) in [5.41, 5.74) is 10.5. The first kappa shape index (κ1) is 25.6. The fourth-order valence-electron chi connectivity index (χ4n) is 8.17. The first-order chi connectivity index (χ1) is 19.4. The molecule has 4 saturated carbocycles. The Labute approximate surface area is 243 Å². The Hall–Kier alpha value is -3.34. The summed E-state index contributed by atoms with van der Waals surface area (Å²) in [6.45, 7) is 0.294. The maximum Gasteiger partial charge on any atom is 0.244 e. The van der Waals surface area contributed by atoms with Crippen molar-refractivity contribution >= 4 is 23.2 Å². The van der Waals surface area contributed by atoms with Crippen molar-refractivity contribution in [2.24, 2.45) is 23.5 Å². The number of methoxy groups -OCH3 is 1. The molecule has 3 aromatic rings. The molecule has 1 unspecified atom stereocenters. The van der Waals surface area contributed by atoms with Crippen LogP contribution in [0.25, 0.3) is 0 Å². The van der Waals surface area contributed by atoms with Crippen molar-refractivity contribution < 1.29 is 14.2 Å². The first-order valence-corrected chi connectivity index (χ1v) is 14.5. The SMILES string of the molecule is COc1cc(C2C(C#N)=C(N)Oc3n[nH]c(C45CC6CC(CC(C6)C4)C5)c32)ccc1OCc1ccc(Cl)c(Cl)c1. The Balaban J connectivity index is 1.26. The molecule has 4 fully saturated rings. The number of H-pyrrole nitrogens is 1. The van der Waals surface area contributed by atoms with Gasteiger partial charge in [0.2, 0.25) is 11.8 Å². The van der Waals surface area contributed by atoms with Gasteiger partial charge in [0.05, 0.1) is 28.6 Å². The third-order valence-corrected chi connectivity index (χ3v) is 10.1. The maximum absolute atomic E-state index is 10.2. The van der Waals surface area contributed by atoms with Crippen LogP contribution < -0.4 is 19.9 Å². The van der Waals surface area contributed by atoms with Crippen LogP contribution in [0.4, 0.5) is 0 Å². The molecule has 9 heteroatoms. The third-order valence-electron chi connectivity index (χ3n) is 9.41. The van der Waals surface area contributed by atoms with E-state index >= 15 is 0 Å². The minimum absolute atomic E-state index is 0.0383. The van der Waals surface area contributed by atoms with Gasteiger partial charge in [-0.3, -0.25) is 5.10 Å². The van der Waals surface area contributed by atoms with Gasteiger partial charge in [-0.05, 0) is 91.7 Å². The number of benzene rings is 2. The molecule has 1 aromatic heterocycles. The molecule has 0 saturated heterocycles. The van der Waals surface area contributed by atoms with Crippen molar-refractivity contribution in [3.05, 3.63) is 80.3 Å². The molecule has 4 aliphatic carbocycles. The van der Waals surface area contributed by atoms with E-state index in [1.165, 1.54) is 19.3 Å². The summed E-state index contributed by atoms with van der Waals surface area (Å²) in [7, 11) is 1.61. The number of rotatable bonds is 6.